The van der Waals surface area contributed by atoms with Crippen LogP contribution in [-0.4, -0.2) is 52.4 Å². The lowest BCUT2D eigenvalue weighted by Gasteiger charge is -2.15. The van der Waals surface area contributed by atoms with Crippen molar-refractivity contribution in [1.29, 1.82) is 0 Å². The molecule has 2 aromatic rings. The largest absolute Gasteiger partial charge is 0.480 e. The van der Waals surface area contributed by atoms with Crippen molar-refractivity contribution in [3.63, 3.8) is 0 Å². The highest BCUT2D eigenvalue weighted by molar-refractivity contribution is 7.13. The van der Waals surface area contributed by atoms with Crippen LogP contribution in [0.1, 0.15) is 33.2 Å². The van der Waals surface area contributed by atoms with E-state index in [2.05, 4.69) is 20.8 Å². The number of carboxylic acids is 1. The smallest absolute Gasteiger partial charge is 0.408 e. The standard InChI is InChI=1S/C18H23N5O5S/c19-9-5-4-8-14-22-23-16(29-14)15(24)20-10-13(17(25)26)21-18(27)28-11-12-6-2-1-3-7-12/h1-3,6-7,13H,4-5,8-11,19H2,(H,20,24)(H,21,27)(H,25,26). The maximum absolute atomic E-state index is 12.2. The van der Waals surface area contributed by atoms with E-state index >= 15 is 0 Å². The fourth-order valence-corrected chi connectivity index (χ4v) is 3.04. The Balaban J connectivity index is 1.80. The second-order valence-corrected chi connectivity index (χ2v) is 7.12. The molecule has 29 heavy (non-hydrogen) atoms. The monoisotopic (exact) mass is 421 g/mol. The number of nitrogens with one attached hydrogen (secondary N) is 2. The van der Waals surface area contributed by atoms with Gasteiger partial charge in [0.05, 0.1) is 0 Å². The van der Waals surface area contributed by atoms with Gasteiger partial charge < -0.3 is 26.2 Å². The third-order valence-electron chi connectivity index (χ3n) is 3.78. The predicted octanol–water partition coefficient (Wildman–Crippen LogP) is 0.929. The molecule has 1 unspecified atom stereocenters. The number of aliphatic carboxylic acids is 1. The van der Waals surface area contributed by atoms with Gasteiger partial charge in [0.25, 0.3) is 5.91 Å². The van der Waals surface area contributed by atoms with E-state index in [-0.39, 0.29) is 18.2 Å². The van der Waals surface area contributed by atoms with Crippen LogP contribution in [0.25, 0.3) is 0 Å². The van der Waals surface area contributed by atoms with Crippen LogP contribution >= 0.6 is 11.3 Å². The summed E-state index contributed by atoms with van der Waals surface area (Å²) in [4.78, 5) is 35.3. The van der Waals surface area contributed by atoms with Gasteiger partial charge in [-0.2, -0.15) is 0 Å². The molecule has 11 heteroatoms. The van der Waals surface area contributed by atoms with E-state index in [0.717, 1.165) is 29.7 Å². The molecule has 0 saturated heterocycles. The molecule has 0 aliphatic rings. The van der Waals surface area contributed by atoms with E-state index in [1.54, 1.807) is 24.3 Å². The molecule has 2 rings (SSSR count). The summed E-state index contributed by atoms with van der Waals surface area (Å²) in [5, 5.41) is 22.5. The van der Waals surface area contributed by atoms with E-state index in [0.29, 0.717) is 18.0 Å². The first-order chi connectivity index (χ1) is 14.0. The summed E-state index contributed by atoms with van der Waals surface area (Å²) >= 11 is 1.14. The lowest BCUT2D eigenvalue weighted by Crippen LogP contribution is -2.48. The molecule has 1 aromatic heterocycles. The van der Waals surface area contributed by atoms with Crippen LogP contribution in [0.15, 0.2) is 30.3 Å². The lowest BCUT2D eigenvalue weighted by atomic mass is 10.2. The van der Waals surface area contributed by atoms with Gasteiger partial charge in [0, 0.05) is 13.0 Å². The Labute approximate surface area is 171 Å². The maximum atomic E-state index is 12.2. The van der Waals surface area contributed by atoms with E-state index in [9.17, 15) is 19.5 Å². The van der Waals surface area contributed by atoms with E-state index in [1.165, 1.54) is 0 Å². The van der Waals surface area contributed by atoms with Gasteiger partial charge in [-0.1, -0.05) is 41.7 Å². The topological polar surface area (TPSA) is 157 Å². The molecule has 0 saturated carbocycles. The fourth-order valence-electron chi connectivity index (χ4n) is 2.24. The number of nitrogens with zero attached hydrogens (tertiary/aromatic N) is 2. The minimum atomic E-state index is -1.35. The van der Waals surface area contributed by atoms with Crippen molar-refractivity contribution < 1.29 is 24.2 Å². The number of carbonyl (C=O) groups excluding carboxylic acids is 2. The van der Waals surface area contributed by atoms with Crippen molar-refractivity contribution in [1.82, 2.24) is 20.8 Å². The number of alkyl carbamates (subject to hydrolysis) is 1. The number of ether oxygens (including phenoxy) is 1. The van der Waals surface area contributed by atoms with Crippen molar-refractivity contribution in [2.75, 3.05) is 13.1 Å². The summed E-state index contributed by atoms with van der Waals surface area (Å²) in [5.74, 6) is -1.86. The second-order valence-electron chi connectivity index (χ2n) is 6.05. The average Bonchev–Trinajstić information content (AvgIpc) is 3.19. The molecule has 0 radical (unpaired) electrons. The van der Waals surface area contributed by atoms with Gasteiger partial charge in [0.2, 0.25) is 5.01 Å². The number of hydrogen-bond acceptors (Lipinski definition) is 8. The van der Waals surface area contributed by atoms with Gasteiger partial charge in [-0.25, -0.2) is 9.59 Å². The highest BCUT2D eigenvalue weighted by Gasteiger charge is 2.23. The number of amides is 2. The molecular formula is C18H23N5O5S. The van der Waals surface area contributed by atoms with Crippen LogP contribution in [0.5, 0.6) is 0 Å². The number of carbonyl (C=O) groups is 3. The molecule has 5 N–H and O–H groups in total. The third kappa shape index (κ3) is 7.84. The average molecular weight is 421 g/mol. The SMILES string of the molecule is NCCCCc1nnc(C(=O)NCC(NC(=O)OCc2ccccc2)C(=O)O)s1. The number of hydrogen-bond donors (Lipinski definition) is 4. The van der Waals surface area contributed by atoms with Gasteiger partial charge in [0.1, 0.15) is 17.7 Å². The van der Waals surface area contributed by atoms with Crippen molar-refractivity contribution in [3.8, 4) is 0 Å². The summed E-state index contributed by atoms with van der Waals surface area (Å²) in [6, 6.07) is 7.61. The molecule has 0 aliphatic carbocycles. The molecule has 1 heterocycles. The fraction of sp³-hybridized carbons (Fsp3) is 0.389. The maximum Gasteiger partial charge on any atom is 0.408 e. The van der Waals surface area contributed by atoms with Crippen LogP contribution in [0.4, 0.5) is 4.79 Å². The van der Waals surface area contributed by atoms with Crippen molar-refractivity contribution in [2.45, 2.75) is 31.9 Å². The molecule has 0 aliphatic heterocycles. The molecule has 10 nitrogen and oxygen atoms in total. The number of nitrogens with two attached hydrogens (primary N) is 1. The highest BCUT2D eigenvalue weighted by atomic mass is 32.1. The third-order valence-corrected chi connectivity index (χ3v) is 4.76. The van der Waals surface area contributed by atoms with Crippen LogP contribution in [0.2, 0.25) is 0 Å². The zero-order valence-corrected chi connectivity index (χ0v) is 16.5. The van der Waals surface area contributed by atoms with Gasteiger partial charge in [0.15, 0.2) is 0 Å². The first-order valence-electron chi connectivity index (χ1n) is 9.00. The first kappa shape index (κ1) is 22.2. The summed E-state index contributed by atoms with van der Waals surface area (Å²) in [6.07, 6.45) is 1.49. The number of carboxylic acid groups (broad SMARTS) is 1. The molecule has 0 fully saturated rings. The minimum absolute atomic E-state index is 0.00306. The minimum Gasteiger partial charge on any atom is -0.480 e. The molecule has 2 amide bonds. The van der Waals surface area contributed by atoms with Gasteiger partial charge in [-0.15, -0.1) is 10.2 Å². The Morgan fingerprint density at radius 1 is 1.17 bits per heavy atom. The summed E-state index contributed by atoms with van der Waals surface area (Å²) < 4.78 is 4.99. The lowest BCUT2D eigenvalue weighted by molar-refractivity contribution is -0.139. The number of aromatic nitrogens is 2. The molecule has 1 aromatic carbocycles. The van der Waals surface area contributed by atoms with E-state index in [1.807, 2.05) is 6.07 Å². The Kier molecular flexibility index (Phi) is 8.99. The van der Waals surface area contributed by atoms with Crippen molar-refractivity contribution >= 4 is 29.3 Å². The first-order valence-corrected chi connectivity index (χ1v) is 9.82. The highest BCUT2D eigenvalue weighted by Crippen LogP contribution is 2.12. The van der Waals surface area contributed by atoms with Gasteiger partial charge in [-0.3, -0.25) is 4.79 Å². The quantitative estimate of drug-likeness (QED) is 0.390. The van der Waals surface area contributed by atoms with Crippen molar-refractivity contribution in [3.05, 3.63) is 45.9 Å². The predicted molar refractivity (Wildman–Crippen MR) is 105 cm³/mol. The second kappa shape index (κ2) is 11.7. The summed E-state index contributed by atoms with van der Waals surface area (Å²) in [5.41, 5.74) is 6.20. The molecule has 156 valence electrons. The van der Waals surface area contributed by atoms with Crippen LogP contribution in [0, 0.1) is 0 Å². The normalized spacial score (nSPS) is 11.5. The number of benzene rings is 1. The number of rotatable bonds is 11. The van der Waals surface area contributed by atoms with Crippen LogP contribution in [0.3, 0.4) is 0 Å². The van der Waals surface area contributed by atoms with Crippen LogP contribution in [-0.2, 0) is 22.6 Å². The van der Waals surface area contributed by atoms with Gasteiger partial charge >= 0.3 is 12.1 Å². The zero-order chi connectivity index (χ0) is 21.1. The number of aryl methyl sites for hydroxylation is 1. The molecule has 1 atom stereocenters. The molecule has 0 bridgehead atoms. The summed E-state index contributed by atoms with van der Waals surface area (Å²) in [6.45, 7) is 0.267. The Morgan fingerprint density at radius 2 is 1.93 bits per heavy atom. The van der Waals surface area contributed by atoms with Crippen LogP contribution < -0.4 is 16.4 Å². The van der Waals surface area contributed by atoms with Crippen molar-refractivity contribution in [2.24, 2.45) is 5.73 Å². The molecule has 0 spiro atoms. The van der Waals surface area contributed by atoms with Gasteiger partial charge in [-0.05, 0) is 24.9 Å². The molecular weight excluding hydrogens is 398 g/mol. The number of unbranched alkanes of at least 4 members (excludes halogenated alkanes) is 1. The van der Waals surface area contributed by atoms with E-state index < -0.39 is 24.0 Å². The zero-order valence-electron chi connectivity index (χ0n) is 15.7. The Hall–Kier alpha value is -3.05. The summed E-state index contributed by atoms with van der Waals surface area (Å²) in [7, 11) is 0. The van der Waals surface area contributed by atoms with E-state index in [4.69, 9.17) is 10.5 Å². The Bertz CT molecular complexity index is 814. The Morgan fingerprint density at radius 3 is 2.62 bits per heavy atom.